The Morgan fingerprint density at radius 3 is 2.52 bits per heavy atom. The Kier molecular flexibility index (Phi) is 4.57. The highest BCUT2D eigenvalue weighted by molar-refractivity contribution is 5.86. The highest BCUT2D eigenvalue weighted by atomic mass is 16.6. The monoisotopic (exact) mass is 349 g/mol. The van der Waals surface area contributed by atoms with Crippen LogP contribution in [0.15, 0.2) is 30.3 Å². The van der Waals surface area contributed by atoms with E-state index in [-0.39, 0.29) is 12.5 Å². The van der Waals surface area contributed by atoms with Gasteiger partial charge in [-0.3, -0.25) is 14.5 Å². The summed E-state index contributed by atoms with van der Waals surface area (Å²) < 4.78 is 11.3. The Balaban J connectivity index is 2.08. The number of carbonyl (C=O) groups is 2. The molecule has 5 unspecified atom stereocenters. The lowest BCUT2D eigenvalue weighted by molar-refractivity contribution is -0.165. The van der Waals surface area contributed by atoms with Crippen molar-refractivity contribution in [3.05, 3.63) is 35.9 Å². The van der Waals surface area contributed by atoms with Gasteiger partial charge in [0.25, 0.3) is 5.91 Å². The number of esters is 1. The third-order valence-corrected chi connectivity index (χ3v) is 4.93. The minimum absolute atomic E-state index is 0.0351. The number of hydrogen-bond acceptors (Lipinski definition) is 6. The van der Waals surface area contributed by atoms with E-state index in [9.17, 15) is 19.8 Å². The van der Waals surface area contributed by atoms with Gasteiger partial charge in [-0.2, -0.15) is 0 Å². The van der Waals surface area contributed by atoms with Crippen LogP contribution >= 0.6 is 0 Å². The summed E-state index contributed by atoms with van der Waals surface area (Å²) in [6, 6.07) is 9.09. The number of aliphatic hydroxyl groups is 2. The standard InChI is InChI=1S/C18H23NO6/c1-10(2)15(25-11(3)20)18-9-24-17(12-7-5-4-6-8-12)19(18)16(23)13(21)14(18)22/h4-8,10,13-15,17,21-22H,9H2,1-3H3. The second-order valence-electron chi connectivity index (χ2n) is 6.94. The molecule has 0 aromatic heterocycles. The first-order valence-corrected chi connectivity index (χ1v) is 8.33. The maximum atomic E-state index is 12.7. The fourth-order valence-electron chi connectivity index (χ4n) is 3.92. The molecule has 2 saturated heterocycles. The molecule has 2 aliphatic rings. The molecular formula is C18H23NO6. The SMILES string of the molecule is CC(=O)OC(C(C)C)C12COC(c3ccccc3)N1C(=O)C(O)C2O. The Hall–Kier alpha value is -1.96. The van der Waals surface area contributed by atoms with Crippen molar-refractivity contribution in [2.75, 3.05) is 6.61 Å². The Bertz CT molecular complexity index is 663. The summed E-state index contributed by atoms with van der Waals surface area (Å²) in [7, 11) is 0. The molecule has 0 saturated carbocycles. The lowest BCUT2D eigenvalue weighted by Crippen LogP contribution is -2.61. The third-order valence-electron chi connectivity index (χ3n) is 4.93. The predicted molar refractivity (Wildman–Crippen MR) is 87.1 cm³/mol. The van der Waals surface area contributed by atoms with Crippen molar-refractivity contribution in [2.24, 2.45) is 5.92 Å². The maximum Gasteiger partial charge on any atom is 0.302 e. The Morgan fingerprint density at radius 1 is 1.32 bits per heavy atom. The molecule has 2 aliphatic heterocycles. The van der Waals surface area contributed by atoms with Crippen LogP contribution < -0.4 is 0 Å². The van der Waals surface area contributed by atoms with Crippen LogP contribution in [-0.2, 0) is 19.1 Å². The van der Waals surface area contributed by atoms with E-state index < -0.39 is 42.0 Å². The molecule has 0 spiro atoms. The first kappa shape index (κ1) is 17.8. The molecule has 136 valence electrons. The molecule has 2 fully saturated rings. The van der Waals surface area contributed by atoms with Crippen LogP contribution in [0.5, 0.6) is 0 Å². The molecule has 0 bridgehead atoms. The average molecular weight is 349 g/mol. The molecule has 1 aromatic carbocycles. The second kappa shape index (κ2) is 6.40. The van der Waals surface area contributed by atoms with Gasteiger partial charge in [0.2, 0.25) is 0 Å². The normalized spacial score (nSPS) is 32.8. The van der Waals surface area contributed by atoms with Gasteiger partial charge >= 0.3 is 5.97 Å². The van der Waals surface area contributed by atoms with Gasteiger partial charge < -0.3 is 19.7 Å². The van der Waals surface area contributed by atoms with Crippen molar-refractivity contribution in [2.45, 2.75) is 50.8 Å². The van der Waals surface area contributed by atoms with E-state index in [0.29, 0.717) is 0 Å². The number of hydrogen-bond donors (Lipinski definition) is 2. The van der Waals surface area contributed by atoms with Crippen LogP contribution in [-0.4, -0.2) is 57.4 Å². The molecule has 1 amide bonds. The van der Waals surface area contributed by atoms with Crippen LogP contribution in [0.1, 0.15) is 32.6 Å². The summed E-state index contributed by atoms with van der Waals surface area (Å²) in [5, 5.41) is 20.9. The number of amides is 1. The van der Waals surface area contributed by atoms with Gasteiger partial charge in [-0.1, -0.05) is 44.2 Å². The Labute approximate surface area is 146 Å². The summed E-state index contributed by atoms with van der Waals surface area (Å²) in [4.78, 5) is 25.7. The van der Waals surface area contributed by atoms with Gasteiger partial charge in [-0.05, 0) is 5.92 Å². The summed E-state index contributed by atoms with van der Waals surface area (Å²) >= 11 is 0. The van der Waals surface area contributed by atoms with Crippen molar-refractivity contribution in [3.8, 4) is 0 Å². The van der Waals surface area contributed by atoms with E-state index in [4.69, 9.17) is 9.47 Å². The maximum absolute atomic E-state index is 12.7. The zero-order valence-corrected chi connectivity index (χ0v) is 14.5. The van der Waals surface area contributed by atoms with Crippen molar-refractivity contribution in [1.82, 2.24) is 4.90 Å². The summed E-state index contributed by atoms with van der Waals surface area (Å²) in [6.07, 6.45) is -4.56. The van der Waals surface area contributed by atoms with E-state index in [1.165, 1.54) is 11.8 Å². The lowest BCUT2D eigenvalue weighted by Gasteiger charge is -2.41. The average Bonchev–Trinajstić information content (AvgIpc) is 3.06. The molecule has 2 heterocycles. The quantitative estimate of drug-likeness (QED) is 0.773. The highest BCUT2D eigenvalue weighted by Gasteiger charge is 2.68. The molecule has 7 nitrogen and oxygen atoms in total. The number of nitrogens with zero attached hydrogens (tertiary/aromatic N) is 1. The molecule has 1 aromatic rings. The number of benzene rings is 1. The number of ether oxygens (including phenoxy) is 2. The smallest absolute Gasteiger partial charge is 0.302 e. The van der Waals surface area contributed by atoms with Crippen molar-refractivity contribution < 1.29 is 29.3 Å². The molecule has 0 aliphatic carbocycles. The fraction of sp³-hybridized carbons (Fsp3) is 0.556. The van der Waals surface area contributed by atoms with Gasteiger partial charge in [-0.15, -0.1) is 0 Å². The summed E-state index contributed by atoms with van der Waals surface area (Å²) in [5.74, 6) is -1.34. The highest BCUT2D eigenvalue weighted by Crippen LogP contribution is 2.48. The van der Waals surface area contributed by atoms with Crippen molar-refractivity contribution >= 4 is 11.9 Å². The minimum Gasteiger partial charge on any atom is -0.460 e. The number of fused-ring (bicyclic) bond motifs is 1. The largest absolute Gasteiger partial charge is 0.460 e. The minimum atomic E-state index is -1.58. The molecule has 5 atom stereocenters. The lowest BCUT2D eigenvalue weighted by atomic mass is 9.81. The zero-order valence-electron chi connectivity index (χ0n) is 14.5. The van der Waals surface area contributed by atoms with Crippen LogP contribution in [0, 0.1) is 5.92 Å². The van der Waals surface area contributed by atoms with Crippen molar-refractivity contribution in [3.63, 3.8) is 0 Å². The number of carbonyl (C=O) groups excluding carboxylic acids is 2. The van der Waals surface area contributed by atoms with Gasteiger partial charge in [0, 0.05) is 12.5 Å². The fourth-order valence-corrected chi connectivity index (χ4v) is 3.92. The van der Waals surface area contributed by atoms with E-state index in [2.05, 4.69) is 0 Å². The van der Waals surface area contributed by atoms with Gasteiger partial charge in [0.1, 0.15) is 17.7 Å². The van der Waals surface area contributed by atoms with Crippen LogP contribution in [0.4, 0.5) is 0 Å². The molecule has 3 rings (SSSR count). The topological polar surface area (TPSA) is 96.3 Å². The molecule has 25 heavy (non-hydrogen) atoms. The first-order valence-electron chi connectivity index (χ1n) is 8.33. The zero-order chi connectivity index (χ0) is 18.4. The van der Waals surface area contributed by atoms with Crippen LogP contribution in [0.2, 0.25) is 0 Å². The van der Waals surface area contributed by atoms with Crippen LogP contribution in [0.3, 0.4) is 0 Å². The first-order chi connectivity index (χ1) is 11.8. The molecular weight excluding hydrogens is 326 g/mol. The molecule has 2 N–H and O–H groups in total. The van der Waals surface area contributed by atoms with Gasteiger partial charge in [-0.25, -0.2) is 0 Å². The van der Waals surface area contributed by atoms with E-state index in [1.807, 2.05) is 32.0 Å². The second-order valence-corrected chi connectivity index (χ2v) is 6.94. The predicted octanol–water partition coefficient (Wildman–Crippen LogP) is 0.606. The van der Waals surface area contributed by atoms with Crippen LogP contribution in [0.25, 0.3) is 0 Å². The van der Waals surface area contributed by atoms with E-state index in [0.717, 1.165) is 5.56 Å². The van der Waals surface area contributed by atoms with E-state index in [1.54, 1.807) is 12.1 Å². The Morgan fingerprint density at radius 2 is 1.96 bits per heavy atom. The van der Waals surface area contributed by atoms with Gasteiger partial charge in [0.05, 0.1) is 6.61 Å². The molecule has 0 radical (unpaired) electrons. The molecule has 7 heteroatoms. The van der Waals surface area contributed by atoms with E-state index >= 15 is 0 Å². The third kappa shape index (κ3) is 2.63. The van der Waals surface area contributed by atoms with Crippen molar-refractivity contribution in [1.29, 1.82) is 0 Å². The summed E-state index contributed by atoms with van der Waals surface area (Å²) in [6.45, 7) is 4.91. The van der Waals surface area contributed by atoms with Gasteiger partial charge in [0.15, 0.2) is 12.3 Å². The number of aliphatic hydroxyl groups excluding tert-OH is 2. The number of rotatable bonds is 4. The summed E-state index contributed by atoms with van der Waals surface area (Å²) in [5.41, 5.74) is -0.596.